The van der Waals surface area contributed by atoms with Gasteiger partial charge in [0.1, 0.15) is 29.8 Å². The minimum absolute atomic E-state index is 0.0224. The molecule has 42 heavy (non-hydrogen) atoms. The van der Waals surface area contributed by atoms with Crippen LogP contribution in [0.15, 0.2) is 36.4 Å². The third kappa shape index (κ3) is 8.98. The van der Waals surface area contributed by atoms with Gasteiger partial charge in [-0.15, -0.1) is 0 Å². The van der Waals surface area contributed by atoms with Gasteiger partial charge in [-0.3, -0.25) is 9.69 Å². The second-order valence-corrected chi connectivity index (χ2v) is 13.2. The molecule has 0 radical (unpaired) electrons. The van der Waals surface area contributed by atoms with Crippen LogP contribution in [0.5, 0.6) is 5.75 Å². The number of rotatable bonds is 9. The predicted molar refractivity (Wildman–Crippen MR) is 164 cm³/mol. The highest BCUT2D eigenvalue weighted by atomic mass is 35.5. The van der Waals surface area contributed by atoms with Gasteiger partial charge in [0, 0.05) is 35.6 Å². The molecule has 2 fully saturated rings. The molecular formula is C32H42Cl2FN3O4. The normalized spacial score (nSPS) is 18.0. The average molecular weight is 623 g/mol. The van der Waals surface area contributed by atoms with Crippen molar-refractivity contribution in [1.29, 1.82) is 0 Å². The lowest BCUT2D eigenvalue weighted by Crippen LogP contribution is -2.52. The quantitative estimate of drug-likeness (QED) is 0.332. The Morgan fingerprint density at radius 3 is 2.31 bits per heavy atom. The maximum Gasteiger partial charge on any atom is 0.408 e. The zero-order valence-corrected chi connectivity index (χ0v) is 26.4. The van der Waals surface area contributed by atoms with Crippen LogP contribution in [0.25, 0.3) is 0 Å². The van der Waals surface area contributed by atoms with Gasteiger partial charge >= 0.3 is 6.09 Å². The van der Waals surface area contributed by atoms with E-state index in [1.54, 1.807) is 31.7 Å². The van der Waals surface area contributed by atoms with E-state index in [2.05, 4.69) is 17.1 Å². The number of piperidine rings is 1. The Balaban J connectivity index is 1.43. The van der Waals surface area contributed by atoms with Crippen LogP contribution in [0, 0.1) is 5.82 Å². The lowest BCUT2D eigenvalue weighted by molar-refractivity contribution is -0.134. The van der Waals surface area contributed by atoms with Gasteiger partial charge in [0.15, 0.2) is 0 Å². The monoisotopic (exact) mass is 621 g/mol. The number of hydrogen-bond donors (Lipinski definition) is 1. The number of halogens is 3. The summed E-state index contributed by atoms with van der Waals surface area (Å²) >= 11 is 12.3. The van der Waals surface area contributed by atoms with E-state index in [0.29, 0.717) is 30.8 Å². The van der Waals surface area contributed by atoms with E-state index in [-0.39, 0.29) is 28.8 Å². The molecule has 0 aromatic heterocycles. The van der Waals surface area contributed by atoms with Crippen molar-refractivity contribution < 1.29 is 23.5 Å². The third-order valence-corrected chi connectivity index (χ3v) is 8.36. The molecule has 0 spiro atoms. The van der Waals surface area contributed by atoms with Gasteiger partial charge in [-0.1, -0.05) is 35.3 Å². The summed E-state index contributed by atoms with van der Waals surface area (Å²) in [4.78, 5) is 30.5. The fourth-order valence-corrected chi connectivity index (χ4v) is 5.98. The average Bonchev–Trinajstić information content (AvgIpc) is 3.47. The minimum Gasteiger partial charge on any atom is -0.492 e. The summed E-state index contributed by atoms with van der Waals surface area (Å²) in [6.07, 6.45) is 3.15. The van der Waals surface area contributed by atoms with E-state index in [4.69, 9.17) is 32.7 Å². The largest absolute Gasteiger partial charge is 0.492 e. The topological polar surface area (TPSA) is 71.1 Å². The van der Waals surface area contributed by atoms with Crippen molar-refractivity contribution in [3.8, 4) is 5.75 Å². The van der Waals surface area contributed by atoms with Crippen LogP contribution >= 0.6 is 23.2 Å². The van der Waals surface area contributed by atoms with E-state index < -0.39 is 23.6 Å². The van der Waals surface area contributed by atoms with Gasteiger partial charge in [-0.05, 0) is 108 Å². The fraction of sp³-hybridized carbons (Fsp3) is 0.562. The number of carbonyl (C=O) groups excluding carboxylic acids is 2. The molecule has 2 atom stereocenters. The maximum atomic E-state index is 14.7. The molecule has 2 heterocycles. The molecule has 1 unspecified atom stereocenters. The van der Waals surface area contributed by atoms with Crippen LogP contribution in [0.1, 0.15) is 70.4 Å². The van der Waals surface area contributed by atoms with Crippen LogP contribution in [0.2, 0.25) is 10.0 Å². The zero-order valence-electron chi connectivity index (χ0n) is 24.9. The molecule has 2 amide bonds. The molecule has 0 bridgehead atoms. The first-order valence-electron chi connectivity index (χ1n) is 14.8. The smallest absolute Gasteiger partial charge is 0.408 e. The Morgan fingerprint density at radius 1 is 1.02 bits per heavy atom. The lowest BCUT2D eigenvalue weighted by atomic mass is 9.88. The molecule has 1 N–H and O–H groups in total. The number of hydrogen-bond acceptors (Lipinski definition) is 5. The SMILES string of the molecule is CC(COc1cc(Cl)ccc1C1CCN(C(=O)[C@@H](Cc2ccc(Cl)cc2F)NC(=O)OC(C)(C)C)CC1)N1CCCC1. The molecule has 230 valence electrons. The van der Waals surface area contributed by atoms with Crippen LogP contribution in [0.3, 0.4) is 0 Å². The second-order valence-electron chi connectivity index (χ2n) is 12.3. The first kappa shape index (κ1) is 32.4. The summed E-state index contributed by atoms with van der Waals surface area (Å²) in [7, 11) is 0. The number of amides is 2. The van der Waals surface area contributed by atoms with E-state index >= 15 is 0 Å². The molecule has 10 heteroatoms. The number of benzene rings is 2. The van der Waals surface area contributed by atoms with Gasteiger partial charge < -0.3 is 19.7 Å². The number of carbonyl (C=O) groups is 2. The summed E-state index contributed by atoms with van der Waals surface area (Å²) in [6, 6.07) is 9.42. The molecular weight excluding hydrogens is 580 g/mol. The van der Waals surface area contributed by atoms with E-state index in [1.165, 1.54) is 25.0 Å². The molecule has 2 aliphatic rings. The molecule has 2 aromatic rings. The third-order valence-electron chi connectivity index (χ3n) is 7.89. The summed E-state index contributed by atoms with van der Waals surface area (Å²) in [5.74, 6) is 0.176. The summed E-state index contributed by atoms with van der Waals surface area (Å²) in [5, 5.41) is 3.57. The van der Waals surface area contributed by atoms with Gasteiger partial charge in [0.05, 0.1) is 0 Å². The van der Waals surface area contributed by atoms with Crippen molar-refractivity contribution in [3.05, 3.63) is 63.4 Å². The Hall–Kier alpha value is -2.55. The van der Waals surface area contributed by atoms with Gasteiger partial charge in [-0.25, -0.2) is 9.18 Å². The molecule has 4 rings (SSSR count). The number of nitrogens with one attached hydrogen (secondary N) is 1. The number of nitrogens with zero attached hydrogens (tertiary/aromatic N) is 2. The van der Waals surface area contributed by atoms with Crippen molar-refractivity contribution in [2.75, 3.05) is 32.8 Å². The van der Waals surface area contributed by atoms with Crippen LogP contribution in [-0.4, -0.2) is 72.3 Å². The van der Waals surface area contributed by atoms with Crippen molar-refractivity contribution in [3.63, 3.8) is 0 Å². The van der Waals surface area contributed by atoms with Crippen LogP contribution in [-0.2, 0) is 16.0 Å². The Kier molecular flexibility index (Phi) is 11.0. The van der Waals surface area contributed by atoms with E-state index in [1.807, 2.05) is 18.2 Å². The van der Waals surface area contributed by atoms with Crippen LogP contribution < -0.4 is 10.1 Å². The molecule has 2 aromatic carbocycles. The minimum atomic E-state index is -0.992. The Morgan fingerprint density at radius 2 is 1.67 bits per heavy atom. The van der Waals surface area contributed by atoms with Crippen molar-refractivity contribution in [2.24, 2.45) is 0 Å². The molecule has 7 nitrogen and oxygen atoms in total. The molecule has 0 aliphatic carbocycles. The summed E-state index contributed by atoms with van der Waals surface area (Å²) in [6.45, 7) is 11.2. The fourth-order valence-electron chi connectivity index (χ4n) is 5.66. The van der Waals surface area contributed by atoms with Gasteiger partial charge in [-0.2, -0.15) is 0 Å². The van der Waals surface area contributed by atoms with Crippen molar-refractivity contribution in [2.45, 2.75) is 83.4 Å². The van der Waals surface area contributed by atoms with Crippen LogP contribution in [0.4, 0.5) is 9.18 Å². The van der Waals surface area contributed by atoms with Gasteiger partial charge in [0.2, 0.25) is 5.91 Å². The van der Waals surface area contributed by atoms with Crippen molar-refractivity contribution >= 4 is 35.2 Å². The van der Waals surface area contributed by atoms with Gasteiger partial charge in [0.25, 0.3) is 0 Å². The first-order chi connectivity index (χ1) is 19.9. The van der Waals surface area contributed by atoms with E-state index in [9.17, 15) is 14.0 Å². The lowest BCUT2D eigenvalue weighted by Gasteiger charge is -2.35. The van der Waals surface area contributed by atoms with Crippen molar-refractivity contribution in [1.82, 2.24) is 15.1 Å². The Bertz CT molecular complexity index is 1240. The van der Waals surface area contributed by atoms with E-state index in [0.717, 1.165) is 37.2 Å². The highest BCUT2D eigenvalue weighted by Crippen LogP contribution is 2.36. The second kappa shape index (κ2) is 14.3. The maximum absolute atomic E-state index is 14.7. The standard InChI is InChI=1S/C32H42Cl2FN3O4/c1-21(37-13-5-6-14-37)20-41-29-19-25(34)9-10-26(29)22-11-15-38(16-12-22)30(39)28(36-31(40)42-32(2,3)4)17-23-7-8-24(33)18-27(23)35/h7-10,18-19,21-22,28H,5-6,11-17,20H2,1-4H3,(H,36,40)/t21?,28-/m1/s1. The molecule has 2 saturated heterocycles. The Labute approximate surface area is 258 Å². The first-order valence-corrected chi connectivity index (χ1v) is 15.5. The molecule has 0 saturated carbocycles. The zero-order chi connectivity index (χ0) is 30.4. The predicted octanol–water partition coefficient (Wildman–Crippen LogP) is 6.84. The highest BCUT2D eigenvalue weighted by Gasteiger charge is 2.32. The summed E-state index contributed by atoms with van der Waals surface area (Å²) < 4.78 is 26.4. The number of ether oxygens (including phenoxy) is 2. The molecule has 2 aliphatic heterocycles. The summed E-state index contributed by atoms with van der Waals surface area (Å²) in [5.41, 5.74) is 0.633. The number of likely N-dealkylation sites (tertiary alicyclic amines) is 2. The highest BCUT2D eigenvalue weighted by molar-refractivity contribution is 6.31. The number of alkyl carbamates (subject to hydrolysis) is 1.